The monoisotopic (exact) mass is 449 g/mol. The smallest absolute Gasteiger partial charge is 0.254 e. The summed E-state index contributed by atoms with van der Waals surface area (Å²) in [5.41, 5.74) is 1.51. The number of benzene rings is 1. The average Bonchev–Trinajstić information content (AvgIpc) is 3.18. The fourth-order valence-electron chi connectivity index (χ4n) is 3.38. The first kappa shape index (κ1) is 23.7. The highest BCUT2D eigenvalue weighted by molar-refractivity contribution is 5.94. The number of amides is 1. The van der Waals surface area contributed by atoms with Gasteiger partial charge in [0.2, 0.25) is 0 Å². The molecule has 3 aromatic rings. The molecule has 1 aromatic carbocycles. The van der Waals surface area contributed by atoms with Gasteiger partial charge in [0.1, 0.15) is 24.2 Å². The topological polar surface area (TPSA) is 72.3 Å². The normalized spacial score (nSPS) is 15.6. The molecule has 3 heterocycles. The Balaban J connectivity index is 0.00000160. The van der Waals surface area contributed by atoms with Crippen LogP contribution in [0.15, 0.2) is 61.1 Å². The third-order valence-corrected chi connectivity index (χ3v) is 4.87. The molecule has 160 valence electrons. The number of hydrogen-bond donors (Lipinski definition) is 1. The lowest BCUT2D eigenvalue weighted by Crippen LogP contribution is -2.49. The number of pyridine rings is 1. The van der Waals surface area contributed by atoms with Gasteiger partial charge in [-0.3, -0.25) is 9.78 Å². The van der Waals surface area contributed by atoms with E-state index < -0.39 is 0 Å². The van der Waals surface area contributed by atoms with Crippen molar-refractivity contribution in [2.24, 2.45) is 7.05 Å². The molecule has 0 radical (unpaired) electrons. The van der Waals surface area contributed by atoms with E-state index in [0.717, 1.165) is 18.1 Å². The zero-order valence-corrected chi connectivity index (χ0v) is 18.2. The summed E-state index contributed by atoms with van der Waals surface area (Å²) in [7, 11) is 1.95. The second kappa shape index (κ2) is 11.0. The van der Waals surface area contributed by atoms with Gasteiger partial charge in [-0.2, -0.15) is 0 Å². The van der Waals surface area contributed by atoms with E-state index in [1.54, 1.807) is 12.4 Å². The maximum absolute atomic E-state index is 13.1. The lowest BCUT2D eigenvalue weighted by atomic mass is 10.1. The number of carbonyl (C=O) groups excluding carboxylic acids is 1. The molecule has 2 aromatic heterocycles. The molecule has 0 saturated carbocycles. The van der Waals surface area contributed by atoms with Crippen molar-refractivity contribution in [1.29, 1.82) is 0 Å². The Labute approximate surface area is 188 Å². The van der Waals surface area contributed by atoms with Gasteiger partial charge in [-0.1, -0.05) is 6.07 Å². The second-order valence-electron chi connectivity index (χ2n) is 6.75. The van der Waals surface area contributed by atoms with Gasteiger partial charge in [0, 0.05) is 50.8 Å². The zero-order chi connectivity index (χ0) is 19.3. The molecule has 1 aliphatic rings. The standard InChI is InChI=1S/C21H23N5O2.2ClH/c1-25-12-11-24-20(25)19-14-22-10-13-26(19)21(27)16-5-7-18(8-6-16)28-15-17-4-2-3-9-23-17;;/h2-9,11-12,19,22H,10,13-15H2,1H3;2*1H. The van der Waals surface area contributed by atoms with E-state index in [-0.39, 0.29) is 36.8 Å². The molecule has 1 atom stereocenters. The summed E-state index contributed by atoms with van der Waals surface area (Å²) in [4.78, 5) is 23.7. The summed E-state index contributed by atoms with van der Waals surface area (Å²) in [5, 5.41) is 3.35. The first-order valence-electron chi connectivity index (χ1n) is 9.34. The summed E-state index contributed by atoms with van der Waals surface area (Å²) < 4.78 is 7.72. The largest absolute Gasteiger partial charge is 0.487 e. The maximum atomic E-state index is 13.1. The highest BCUT2D eigenvalue weighted by Crippen LogP contribution is 2.23. The van der Waals surface area contributed by atoms with Crippen molar-refractivity contribution < 1.29 is 9.53 Å². The summed E-state index contributed by atoms with van der Waals surface area (Å²) in [6, 6.07) is 12.9. The molecule has 0 aliphatic carbocycles. The van der Waals surface area contributed by atoms with Crippen LogP contribution >= 0.6 is 24.8 Å². The Morgan fingerprint density at radius 1 is 1.13 bits per heavy atom. The Morgan fingerprint density at radius 3 is 2.60 bits per heavy atom. The molecule has 1 fully saturated rings. The fraction of sp³-hybridized carbons (Fsp3) is 0.286. The van der Waals surface area contributed by atoms with Crippen molar-refractivity contribution in [3.05, 3.63) is 78.1 Å². The van der Waals surface area contributed by atoms with Crippen molar-refractivity contribution in [2.75, 3.05) is 19.6 Å². The number of rotatable bonds is 5. The zero-order valence-electron chi connectivity index (χ0n) is 16.6. The number of nitrogens with one attached hydrogen (secondary N) is 1. The first-order valence-corrected chi connectivity index (χ1v) is 9.34. The van der Waals surface area contributed by atoms with E-state index in [2.05, 4.69) is 15.3 Å². The van der Waals surface area contributed by atoms with Gasteiger partial charge in [-0.25, -0.2) is 4.98 Å². The number of aromatic nitrogens is 3. The first-order chi connectivity index (χ1) is 13.7. The number of halogens is 2. The Kier molecular flexibility index (Phi) is 8.65. The number of ether oxygens (including phenoxy) is 1. The van der Waals surface area contributed by atoms with Crippen LogP contribution in [0, 0.1) is 0 Å². The molecule has 1 amide bonds. The molecular formula is C21H25Cl2N5O2. The Morgan fingerprint density at radius 2 is 1.93 bits per heavy atom. The van der Waals surface area contributed by atoms with E-state index in [0.29, 0.717) is 31.0 Å². The van der Waals surface area contributed by atoms with Gasteiger partial charge in [-0.05, 0) is 36.4 Å². The van der Waals surface area contributed by atoms with Gasteiger partial charge >= 0.3 is 0 Å². The minimum absolute atomic E-state index is 0. The Bertz CT molecular complexity index is 934. The van der Waals surface area contributed by atoms with Gasteiger partial charge in [0.15, 0.2) is 0 Å². The van der Waals surface area contributed by atoms with Crippen molar-refractivity contribution in [2.45, 2.75) is 12.6 Å². The summed E-state index contributed by atoms with van der Waals surface area (Å²) >= 11 is 0. The van der Waals surface area contributed by atoms with Crippen LogP contribution in [0.3, 0.4) is 0 Å². The van der Waals surface area contributed by atoms with Gasteiger partial charge in [0.05, 0.1) is 5.69 Å². The number of piperazine rings is 1. The number of imidazole rings is 1. The van der Waals surface area contributed by atoms with Crippen molar-refractivity contribution in [1.82, 2.24) is 24.8 Å². The minimum Gasteiger partial charge on any atom is -0.487 e. The molecule has 30 heavy (non-hydrogen) atoms. The third-order valence-electron chi connectivity index (χ3n) is 4.87. The molecular weight excluding hydrogens is 425 g/mol. The van der Waals surface area contributed by atoms with Gasteiger partial charge in [-0.15, -0.1) is 24.8 Å². The molecule has 1 N–H and O–H groups in total. The summed E-state index contributed by atoms with van der Waals surface area (Å²) in [5.74, 6) is 1.60. The van der Waals surface area contributed by atoms with Crippen LogP contribution in [-0.4, -0.2) is 45.0 Å². The predicted molar refractivity (Wildman–Crippen MR) is 119 cm³/mol. The fourth-order valence-corrected chi connectivity index (χ4v) is 3.38. The summed E-state index contributed by atoms with van der Waals surface area (Å²) in [6.45, 7) is 2.52. The van der Waals surface area contributed by atoms with Crippen LogP contribution in [-0.2, 0) is 13.7 Å². The van der Waals surface area contributed by atoms with E-state index >= 15 is 0 Å². The highest BCUT2D eigenvalue weighted by Gasteiger charge is 2.30. The second-order valence-corrected chi connectivity index (χ2v) is 6.75. The molecule has 1 aliphatic heterocycles. The lowest BCUT2D eigenvalue weighted by molar-refractivity contribution is 0.0621. The van der Waals surface area contributed by atoms with Crippen LogP contribution in [0.25, 0.3) is 0 Å². The Hall–Kier alpha value is -2.61. The lowest BCUT2D eigenvalue weighted by Gasteiger charge is -2.35. The number of aryl methyl sites for hydroxylation is 1. The predicted octanol–water partition coefficient (Wildman–Crippen LogP) is 3.02. The highest BCUT2D eigenvalue weighted by atomic mass is 35.5. The molecule has 0 spiro atoms. The summed E-state index contributed by atoms with van der Waals surface area (Å²) in [6.07, 6.45) is 5.41. The van der Waals surface area contributed by atoms with Gasteiger partial charge in [0.25, 0.3) is 5.91 Å². The van der Waals surface area contributed by atoms with Crippen molar-refractivity contribution in [3.63, 3.8) is 0 Å². The van der Waals surface area contributed by atoms with E-state index in [1.165, 1.54) is 0 Å². The average molecular weight is 450 g/mol. The number of hydrogen-bond acceptors (Lipinski definition) is 5. The minimum atomic E-state index is -0.0821. The third kappa shape index (κ3) is 5.30. The van der Waals surface area contributed by atoms with Crippen LogP contribution in [0.1, 0.15) is 27.9 Å². The van der Waals surface area contributed by atoms with E-state index in [1.807, 2.05) is 65.2 Å². The molecule has 4 rings (SSSR count). The molecule has 0 bridgehead atoms. The van der Waals surface area contributed by atoms with Crippen LogP contribution < -0.4 is 10.1 Å². The van der Waals surface area contributed by atoms with Crippen LogP contribution in [0.5, 0.6) is 5.75 Å². The molecule has 7 nitrogen and oxygen atoms in total. The van der Waals surface area contributed by atoms with Crippen molar-refractivity contribution in [3.8, 4) is 5.75 Å². The van der Waals surface area contributed by atoms with Crippen LogP contribution in [0.4, 0.5) is 0 Å². The van der Waals surface area contributed by atoms with E-state index in [4.69, 9.17) is 4.74 Å². The van der Waals surface area contributed by atoms with Gasteiger partial charge < -0.3 is 19.5 Å². The van der Waals surface area contributed by atoms with E-state index in [9.17, 15) is 4.79 Å². The number of carbonyl (C=O) groups is 1. The van der Waals surface area contributed by atoms with Crippen molar-refractivity contribution >= 4 is 30.7 Å². The molecule has 1 saturated heterocycles. The maximum Gasteiger partial charge on any atom is 0.254 e. The number of nitrogens with zero attached hydrogens (tertiary/aromatic N) is 4. The molecule has 9 heteroatoms. The quantitative estimate of drug-likeness (QED) is 0.647. The van der Waals surface area contributed by atoms with Crippen LogP contribution in [0.2, 0.25) is 0 Å². The SMILES string of the molecule is Cl.Cl.Cn1ccnc1C1CNCCN1C(=O)c1ccc(OCc2ccccn2)cc1. The molecule has 1 unspecified atom stereocenters.